The Bertz CT molecular complexity index is 469. The summed E-state index contributed by atoms with van der Waals surface area (Å²) in [6.45, 7) is 5.34. The smallest absolute Gasteiger partial charge is 0.257 e. The molecule has 2 heterocycles. The second kappa shape index (κ2) is 5.42. The molecule has 0 aromatic carbocycles. The Morgan fingerprint density at radius 1 is 1.32 bits per heavy atom. The second-order valence-corrected chi connectivity index (χ2v) is 5.06. The maximum atomic E-state index is 12.3. The highest BCUT2D eigenvalue weighted by Gasteiger charge is 2.24. The summed E-state index contributed by atoms with van der Waals surface area (Å²) in [6, 6.07) is 0. The standard InChI is InChI=1S/C13H20N4O2/c1-9-12(10(2)15-14-9)13(19)16(3)8-11(18)17-6-4-5-7-17/h4-8H2,1-3H3,(H,14,15). The molecule has 1 aliphatic heterocycles. The number of H-pyrrole nitrogens is 1. The van der Waals surface area contributed by atoms with E-state index in [1.165, 1.54) is 4.90 Å². The lowest BCUT2D eigenvalue weighted by atomic mass is 10.2. The normalized spacial score (nSPS) is 14.8. The Morgan fingerprint density at radius 3 is 2.47 bits per heavy atom. The molecule has 0 atom stereocenters. The lowest BCUT2D eigenvalue weighted by Gasteiger charge is -2.21. The molecule has 6 heteroatoms. The van der Waals surface area contributed by atoms with E-state index in [0.717, 1.165) is 31.6 Å². The average Bonchev–Trinajstić information content (AvgIpc) is 2.99. The summed E-state index contributed by atoms with van der Waals surface area (Å²) in [6.07, 6.45) is 2.12. The molecule has 2 amide bonds. The van der Waals surface area contributed by atoms with E-state index in [0.29, 0.717) is 11.3 Å². The van der Waals surface area contributed by atoms with Gasteiger partial charge in [-0.05, 0) is 26.7 Å². The molecular formula is C13H20N4O2. The predicted molar refractivity (Wildman–Crippen MR) is 70.8 cm³/mol. The third-order valence-electron chi connectivity index (χ3n) is 3.52. The van der Waals surface area contributed by atoms with Crippen LogP contribution in [0.4, 0.5) is 0 Å². The van der Waals surface area contributed by atoms with Gasteiger partial charge in [0.1, 0.15) is 0 Å². The fourth-order valence-electron chi connectivity index (χ4n) is 2.40. The highest BCUT2D eigenvalue weighted by Crippen LogP contribution is 2.13. The van der Waals surface area contributed by atoms with Crippen LogP contribution in [0, 0.1) is 13.8 Å². The van der Waals surface area contributed by atoms with Crippen LogP contribution in [0.15, 0.2) is 0 Å². The van der Waals surface area contributed by atoms with Gasteiger partial charge in [0.15, 0.2) is 0 Å². The molecule has 104 valence electrons. The molecule has 1 fully saturated rings. The minimum Gasteiger partial charge on any atom is -0.341 e. The number of hydrogen-bond donors (Lipinski definition) is 1. The molecule has 1 aromatic rings. The number of carbonyl (C=O) groups is 2. The van der Waals surface area contributed by atoms with Crippen molar-refractivity contribution in [3.8, 4) is 0 Å². The molecule has 6 nitrogen and oxygen atoms in total. The monoisotopic (exact) mass is 264 g/mol. The van der Waals surface area contributed by atoms with Gasteiger partial charge >= 0.3 is 0 Å². The van der Waals surface area contributed by atoms with Crippen LogP contribution in [0.1, 0.15) is 34.6 Å². The van der Waals surface area contributed by atoms with E-state index in [-0.39, 0.29) is 18.4 Å². The van der Waals surface area contributed by atoms with Gasteiger partial charge in [-0.2, -0.15) is 5.10 Å². The van der Waals surface area contributed by atoms with E-state index in [2.05, 4.69) is 10.2 Å². The van der Waals surface area contributed by atoms with Crippen molar-refractivity contribution in [1.29, 1.82) is 0 Å². The maximum Gasteiger partial charge on any atom is 0.257 e. The van der Waals surface area contributed by atoms with Crippen LogP contribution >= 0.6 is 0 Å². The number of nitrogens with one attached hydrogen (secondary N) is 1. The Hall–Kier alpha value is -1.85. The second-order valence-electron chi connectivity index (χ2n) is 5.06. The van der Waals surface area contributed by atoms with Crippen molar-refractivity contribution in [3.05, 3.63) is 17.0 Å². The van der Waals surface area contributed by atoms with Crippen molar-refractivity contribution in [2.45, 2.75) is 26.7 Å². The summed E-state index contributed by atoms with van der Waals surface area (Å²) in [4.78, 5) is 27.6. The first-order chi connectivity index (χ1) is 9.00. The van der Waals surface area contributed by atoms with Crippen molar-refractivity contribution in [2.75, 3.05) is 26.7 Å². The van der Waals surface area contributed by atoms with Gasteiger partial charge in [-0.3, -0.25) is 14.7 Å². The summed E-state index contributed by atoms with van der Waals surface area (Å²) >= 11 is 0. The molecule has 0 unspecified atom stereocenters. The highest BCUT2D eigenvalue weighted by atomic mass is 16.2. The molecule has 1 N–H and O–H groups in total. The van der Waals surface area contributed by atoms with Crippen LogP contribution in [-0.2, 0) is 4.79 Å². The van der Waals surface area contributed by atoms with E-state index in [4.69, 9.17) is 0 Å². The first-order valence-electron chi connectivity index (χ1n) is 6.55. The Kier molecular flexibility index (Phi) is 3.87. The van der Waals surface area contributed by atoms with Gasteiger partial charge in [0.25, 0.3) is 5.91 Å². The van der Waals surface area contributed by atoms with Crippen molar-refractivity contribution in [3.63, 3.8) is 0 Å². The number of amides is 2. The number of likely N-dealkylation sites (N-methyl/N-ethyl adjacent to an activating group) is 1. The summed E-state index contributed by atoms with van der Waals surface area (Å²) in [5, 5.41) is 6.80. The SMILES string of the molecule is Cc1n[nH]c(C)c1C(=O)N(C)CC(=O)N1CCCC1. The number of carbonyl (C=O) groups excluding carboxylic acids is 2. The minimum atomic E-state index is -0.156. The Morgan fingerprint density at radius 2 is 1.95 bits per heavy atom. The van der Waals surface area contributed by atoms with Crippen LogP contribution in [0.5, 0.6) is 0 Å². The van der Waals surface area contributed by atoms with E-state index in [1.807, 2.05) is 11.8 Å². The lowest BCUT2D eigenvalue weighted by Crippen LogP contribution is -2.40. The van der Waals surface area contributed by atoms with Crippen molar-refractivity contribution < 1.29 is 9.59 Å². The number of rotatable bonds is 3. The zero-order chi connectivity index (χ0) is 14.0. The number of aromatic amines is 1. The molecule has 19 heavy (non-hydrogen) atoms. The summed E-state index contributed by atoms with van der Waals surface area (Å²) in [5.41, 5.74) is 1.97. The highest BCUT2D eigenvalue weighted by molar-refractivity contribution is 5.98. The van der Waals surface area contributed by atoms with Gasteiger partial charge in [0.05, 0.1) is 17.8 Å². The van der Waals surface area contributed by atoms with Gasteiger partial charge in [-0.1, -0.05) is 0 Å². The first kappa shape index (κ1) is 13.6. The third-order valence-corrected chi connectivity index (χ3v) is 3.52. The number of aryl methyl sites for hydroxylation is 2. The van der Waals surface area contributed by atoms with Gasteiger partial charge in [0.2, 0.25) is 5.91 Å². The van der Waals surface area contributed by atoms with Crippen LogP contribution in [-0.4, -0.2) is 58.5 Å². The molecule has 0 spiro atoms. The van der Waals surface area contributed by atoms with Crippen LogP contribution < -0.4 is 0 Å². The Labute approximate surface area is 112 Å². The van der Waals surface area contributed by atoms with Crippen LogP contribution in [0.25, 0.3) is 0 Å². The molecule has 0 radical (unpaired) electrons. The summed E-state index contributed by atoms with van der Waals surface area (Å²) in [5.74, 6) is -0.136. The molecule has 2 rings (SSSR count). The minimum absolute atomic E-state index is 0.0205. The zero-order valence-corrected chi connectivity index (χ0v) is 11.7. The van der Waals surface area contributed by atoms with E-state index in [9.17, 15) is 9.59 Å². The topological polar surface area (TPSA) is 69.3 Å². The molecule has 0 saturated carbocycles. The quantitative estimate of drug-likeness (QED) is 0.874. The molecule has 0 aliphatic carbocycles. The van der Waals surface area contributed by atoms with Crippen molar-refractivity contribution >= 4 is 11.8 Å². The summed E-state index contributed by atoms with van der Waals surface area (Å²) in [7, 11) is 1.65. The zero-order valence-electron chi connectivity index (χ0n) is 11.7. The van der Waals surface area contributed by atoms with Crippen molar-refractivity contribution in [2.24, 2.45) is 0 Å². The average molecular weight is 264 g/mol. The lowest BCUT2D eigenvalue weighted by molar-refractivity contribution is -0.130. The van der Waals surface area contributed by atoms with Crippen LogP contribution in [0.2, 0.25) is 0 Å². The van der Waals surface area contributed by atoms with E-state index >= 15 is 0 Å². The van der Waals surface area contributed by atoms with E-state index in [1.54, 1.807) is 14.0 Å². The first-order valence-corrected chi connectivity index (χ1v) is 6.55. The van der Waals surface area contributed by atoms with Gasteiger partial charge in [-0.25, -0.2) is 0 Å². The number of aromatic nitrogens is 2. The number of likely N-dealkylation sites (tertiary alicyclic amines) is 1. The fraction of sp³-hybridized carbons (Fsp3) is 0.615. The predicted octanol–water partition coefficient (Wildman–Crippen LogP) is 0.721. The summed E-state index contributed by atoms with van der Waals surface area (Å²) < 4.78 is 0. The Balaban J connectivity index is 2.01. The number of hydrogen-bond acceptors (Lipinski definition) is 3. The van der Waals surface area contributed by atoms with Gasteiger partial charge in [-0.15, -0.1) is 0 Å². The molecule has 1 saturated heterocycles. The fourth-order valence-corrected chi connectivity index (χ4v) is 2.40. The van der Waals surface area contributed by atoms with Gasteiger partial charge < -0.3 is 9.80 Å². The number of nitrogens with zero attached hydrogens (tertiary/aromatic N) is 3. The molecule has 1 aromatic heterocycles. The van der Waals surface area contributed by atoms with E-state index < -0.39 is 0 Å². The van der Waals surface area contributed by atoms with Gasteiger partial charge in [0, 0.05) is 25.8 Å². The molecule has 1 aliphatic rings. The van der Waals surface area contributed by atoms with Crippen molar-refractivity contribution in [1.82, 2.24) is 20.0 Å². The van der Waals surface area contributed by atoms with Crippen LogP contribution in [0.3, 0.4) is 0 Å². The third kappa shape index (κ3) is 2.77. The largest absolute Gasteiger partial charge is 0.341 e. The molecular weight excluding hydrogens is 244 g/mol. The maximum absolute atomic E-state index is 12.3. The molecule has 0 bridgehead atoms.